The first-order valence-electron chi connectivity index (χ1n) is 7.65. The summed E-state index contributed by atoms with van der Waals surface area (Å²) >= 11 is 3.84. The summed E-state index contributed by atoms with van der Waals surface area (Å²) in [6, 6.07) is 15.2. The summed E-state index contributed by atoms with van der Waals surface area (Å²) < 4.78 is 11.3. The van der Waals surface area contributed by atoms with E-state index in [1.54, 1.807) is 31.4 Å². The molecule has 1 fully saturated rings. The van der Waals surface area contributed by atoms with Crippen LogP contribution in [0.2, 0.25) is 0 Å². The monoisotopic (exact) mass is 361 g/mol. The van der Waals surface area contributed by atoms with Gasteiger partial charge in [0.05, 0.1) is 11.7 Å². The summed E-state index contributed by atoms with van der Waals surface area (Å²) in [7, 11) is 1.61. The molecule has 1 saturated heterocycles. The number of ether oxygens (including phenoxy) is 2. The maximum atomic E-state index is 12.1. The van der Waals surface area contributed by atoms with E-state index in [0.29, 0.717) is 4.58 Å². The van der Waals surface area contributed by atoms with Gasteiger partial charge in [0.2, 0.25) is 0 Å². The van der Waals surface area contributed by atoms with Crippen molar-refractivity contribution in [3.63, 3.8) is 0 Å². The second-order valence-electron chi connectivity index (χ2n) is 5.18. The minimum absolute atomic E-state index is 0.00883. The number of rotatable bonds is 6. The van der Waals surface area contributed by atoms with E-state index in [9.17, 15) is 4.79 Å². The zero-order valence-electron chi connectivity index (χ0n) is 13.4. The summed E-state index contributed by atoms with van der Waals surface area (Å²) in [4.78, 5) is 12.1. The van der Waals surface area contributed by atoms with Crippen LogP contribution in [0.1, 0.15) is 10.1 Å². The normalized spacial score (nSPS) is 14.4. The highest BCUT2D eigenvalue weighted by Gasteiger charge is 2.21. The van der Waals surface area contributed by atoms with Gasteiger partial charge in [-0.05, 0) is 30.3 Å². The smallest absolute Gasteiger partial charge is 0.262 e. The van der Waals surface area contributed by atoms with Gasteiger partial charge in [-0.25, -0.2) is 0 Å². The van der Waals surface area contributed by atoms with Crippen LogP contribution in [-0.4, -0.2) is 31.1 Å². The minimum Gasteiger partial charge on any atom is -0.497 e. The lowest BCUT2D eigenvalue weighted by atomic mass is 10.2. The zero-order valence-corrected chi connectivity index (χ0v) is 15.0. The summed E-state index contributed by atoms with van der Waals surface area (Å²) in [6.07, 6.45) is 0. The molecule has 0 bridgehead atoms. The molecule has 24 heavy (non-hydrogen) atoms. The van der Waals surface area contributed by atoms with Gasteiger partial charge in [0.25, 0.3) is 5.91 Å². The first kappa shape index (κ1) is 17.0. The van der Waals surface area contributed by atoms with Crippen molar-refractivity contribution in [1.82, 2.24) is 0 Å². The fourth-order valence-corrected chi connectivity index (χ4v) is 5.27. The van der Waals surface area contributed by atoms with Crippen molar-refractivity contribution in [2.75, 3.05) is 30.5 Å². The summed E-state index contributed by atoms with van der Waals surface area (Å²) in [6.45, 7) is -0.00883. The Morgan fingerprint density at radius 1 is 1.12 bits per heavy atom. The molecular formula is C18H19NO3S2. The lowest BCUT2D eigenvalue weighted by Crippen LogP contribution is -2.20. The number of carbonyl (C=O) groups excluding carboxylic acids is 1. The van der Waals surface area contributed by atoms with Gasteiger partial charge in [0.15, 0.2) is 6.61 Å². The Labute approximate surface area is 150 Å². The molecule has 0 spiro atoms. The Hall–Kier alpha value is -1.79. The molecule has 0 atom stereocenters. The van der Waals surface area contributed by atoms with Gasteiger partial charge in [-0.1, -0.05) is 18.2 Å². The number of benzene rings is 2. The lowest BCUT2D eigenvalue weighted by molar-refractivity contribution is -0.118. The minimum atomic E-state index is -0.179. The first-order chi connectivity index (χ1) is 11.8. The average Bonchev–Trinajstić information content (AvgIpc) is 3.15. The number of carbonyl (C=O) groups is 1. The van der Waals surface area contributed by atoms with Crippen LogP contribution in [-0.2, 0) is 4.79 Å². The van der Waals surface area contributed by atoms with Crippen molar-refractivity contribution in [3.8, 4) is 11.5 Å². The number of amides is 1. The standard InChI is InChI=1S/C18H19NO3S2/c1-21-14-8-6-13(7-9-14)19-17(20)12-22-16-5-3-2-4-15(16)18-23-10-11-24-18/h2-9,18H,10-12H2,1H3,(H,19,20). The van der Waals surface area contributed by atoms with Gasteiger partial charge in [-0.15, -0.1) is 23.5 Å². The summed E-state index contributed by atoms with van der Waals surface area (Å²) in [5.74, 6) is 3.67. The van der Waals surface area contributed by atoms with E-state index in [0.717, 1.165) is 34.3 Å². The topological polar surface area (TPSA) is 47.6 Å². The van der Waals surface area contributed by atoms with E-state index < -0.39 is 0 Å². The van der Waals surface area contributed by atoms with Crippen LogP contribution in [0.3, 0.4) is 0 Å². The second-order valence-corrected chi connectivity index (χ2v) is 7.90. The second kappa shape index (κ2) is 8.35. The molecule has 0 aromatic heterocycles. The van der Waals surface area contributed by atoms with Crippen LogP contribution in [0.5, 0.6) is 11.5 Å². The quantitative estimate of drug-likeness (QED) is 0.836. The third-order valence-electron chi connectivity index (χ3n) is 3.53. The summed E-state index contributed by atoms with van der Waals surface area (Å²) in [5.41, 5.74) is 1.88. The highest BCUT2D eigenvalue weighted by molar-refractivity contribution is 8.19. The van der Waals surface area contributed by atoms with E-state index in [-0.39, 0.29) is 12.5 Å². The number of anilines is 1. The fraction of sp³-hybridized carbons (Fsp3) is 0.278. The number of nitrogens with one attached hydrogen (secondary N) is 1. The summed E-state index contributed by atoms with van der Waals surface area (Å²) in [5, 5.41) is 2.82. The van der Waals surface area contributed by atoms with E-state index in [1.807, 2.05) is 41.7 Å². The highest BCUT2D eigenvalue weighted by atomic mass is 32.2. The molecule has 4 nitrogen and oxygen atoms in total. The third kappa shape index (κ3) is 4.39. The number of hydrogen-bond donors (Lipinski definition) is 1. The molecule has 1 aliphatic rings. The van der Waals surface area contributed by atoms with Crippen LogP contribution >= 0.6 is 23.5 Å². The van der Waals surface area contributed by atoms with Gasteiger partial charge in [0, 0.05) is 22.8 Å². The maximum Gasteiger partial charge on any atom is 0.262 e. The lowest BCUT2D eigenvalue weighted by Gasteiger charge is -2.15. The molecular weight excluding hydrogens is 342 g/mol. The average molecular weight is 361 g/mol. The number of thioether (sulfide) groups is 2. The molecule has 2 aromatic rings. The largest absolute Gasteiger partial charge is 0.497 e. The van der Waals surface area contributed by atoms with Crippen molar-refractivity contribution < 1.29 is 14.3 Å². The molecule has 126 valence electrons. The van der Waals surface area contributed by atoms with Crippen LogP contribution in [0.15, 0.2) is 48.5 Å². The molecule has 0 unspecified atom stereocenters. The van der Waals surface area contributed by atoms with Crippen molar-refractivity contribution in [2.45, 2.75) is 4.58 Å². The maximum absolute atomic E-state index is 12.1. The van der Waals surface area contributed by atoms with Crippen LogP contribution < -0.4 is 14.8 Å². The van der Waals surface area contributed by atoms with Crippen molar-refractivity contribution in [2.24, 2.45) is 0 Å². The van der Waals surface area contributed by atoms with Crippen molar-refractivity contribution >= 4 is 35.1 Å². The van der Waals surface area contributed by atoms with E-state index in [4.69, 9.17) is 9.47 Å². The first-order valence-corrected chi connectivity index (χ1v) is 9.75. The predicted octanol–water partition coefficient (Wildman–Crippen LogP) is 4.19. The molecule has 1 amide bonds. The molecule has 0 aliphatic carbocycles. The third-order valence-corrected chi connectivity index (χ3v) is 6.60. The molecule has 2 aromatic carbocycles. The Kier molecular flexibility index (Phi) is 5.93. The van der Waals surface area contributed by atoms with Gasteiger partial charge in [0.1, 0.15) is 11.5 Å². The molecule has 1 N–H and O–H groups in total. The molecule has 1 heterocycles. The molecule has 0 radical (unpaired) electrons. The van der Waals surface area contributed by atoms with E-state index in [2.05, 4.69) is 11.4 Å². The van der Waals surface area contributed by atoms with Crippen molar-refractivity contribution in [1.29, 1.82) is 0 Å². The highest BCUT2D eigenvalue weighted by Crippen LogP contribution is 2.48. The van der Waals surface area contributed by atoms with Crippen LogP contribution in [0.4, 0.5) is 5.69 Å². The van der Waals surface area contributed by atoms with Gasteiger partial charge < -0.3 is 14.8 Å². The molecule has 3 rings (SSSR count). The van der Waals surface area contributed by atoms with Crippen LogP contribution in [0.25, 0.3) is 0 Å². The van der Waals surface area contributed by atoms with Gasteiger partial charge in [-0.3, -0.25) is 4.79 Å². The predicted molar refractivity (Wildman–Crippen MR) is 101 cm³/mol. The number of para-hydroxylation sites is 1. The fourth-order valence-electron chi connectivity index (χ4n) is 2.36. The van der Waals surface area contributed by atoms with Gasteiger partial charge in [-0.2, -0.15) is 0 Å². The Morgan fingerprint density at radius 3 is 2.54 bits per heavy atom. The number of methoxy groups -OCH3 is 1. The molecule has 1 aliphatic heterocycles. The van der Waals surface area contributed by atoms with E-state index in [1.165, 1.54) is 0 Å². The Morgan fingerprint density at radius 2 is 1.83 bits per heavy atom. The molecule has 6 heteroatoms. The number of hydrogen-bond acceptors (Lipinski definition) is 5. The van der Waals surface area contributed by atoms with Gasteiger partial charge >= 0.3 is 0 Å². The Balaban J connectivity index is 1.58. The zero-order chi connectivity index (χ0) is 16.8. The van der Waals surface area contributed by atoms with E-state index >= 15 is 0 Å². The molecule has 0 saturated carbocycles. The SMILES string of the molecule is COc1ccc(NC(=O)COc2ccccc2C2SCCS2)cc1. The Bertz CT molecular complexity index is 685. The van der Waals surface area contributed by atoms with Crippen molar-refractivity contribution in [3.05, 3.63) is 54.1 Å². The van der Waals surface area contributed by atoms with Crippen LogP contribution in [0, 0.1) is 0 Å².